The van der Waals surface area contributed by atoms with Crippen molar-refractivity contribution >= 4 is 23.2 Å². The maximum absolute atomic E-state index is 12.6. The second kappa shape index (κ2) is 7.41. The zero-order valence-electron chi connectivity index (χ0n) is 13.7. The fourth-order valence-electron chi connectivity index (χ4n) is 3.40. The lowest BCUT2D eigenvalue weighted by Gasteiger charge is -2.32. The van der Waals surface area contributed by atoms with Crippen molar-refractivity contribution in [3.63, 3.8) is 0 Å². The Morgan fingerprint density at radius 1 is 1.12 bits per heavy atom. The quantitative estimate of drug-likeness (QED) is 0.796. The van der Waals surface area contributed by atoms with Crippen molar-refractivity contribution in [2.75, 3.05) is 31.1 Å². The van der Waals surface area contributed by atoms with Crippen LogP contribution in [0, 0.1) is 0 Å². The average Bonchev–Trinajstić information content (AvgIpc) is 3.07. The maximum Gasteiger partial charge on any atom is 0.522 e. The monoisotopic (exact) mass is 376 g/mol. The smallest absolute Gasteiger partial charge is 0.370 e. The minimum absolute atomic E-state index is 0.171. The predicted octanol–water partition coefficient (Wildman–Crippen LogP) is 4.08. The van der Waals surface area contributed by atoms with Crippen molar-refractivity contribution in [1.82, 2.24) is 4.90 Å². The van der Waals surface area contributed by atoms with Crippen LogP contribution in [0.15, 0.2) is 18.2 Å². The highest BCUT2D eigenvalue weighted by Gasteiger charge is 2.35. The third-order valence-corrected chi connectivity index (χ3v) is 4.97. The average molecular weight is 377 g/mol. The molecule has 0 N–H and O–H groups in total. The molecule has 1 aromatic rings. The first-order chi connectivity index (χ1) is 11.8. The van der Waals surface area contributed by atoms with E-state index >= 15 is 0 Å². The number of rotatable bonds is 3. The van der Waals surface area contributed by atoms with E-state index in [0.29, 0.717) is 10.6 Å². The zero-order chi connectivity index (χ0) is 18.0. The van der Waals surface area contributed by atoms with Crippen molar-refractivity contribution < 1.29 is 22.7 Å². The lowest BCUT2D eigenvalue weighted by molar-refractivity contribution is -0.345. The van der Waals surface area contributed by atoms with E-state index in [0.717, 1.165) is 31.6 Å². The van der Waals surface area contributed by atoms with Crippen LogP contribution < -0.4 is 4.90 Å². The Kier molecular flexibility index (Phi) is 5.43. The molecule has 0 spiro atoms. The molecule has 2 aliphatic heterocycles. The Morgan fingerprint density at radius 3 is 2.32 bits per heavy atom. The summed E-state index contributed by atoms with van der Waals surface area (Å²) in [5, 5.41) is 0.531. The second-order valence-electron chi connectivity index (χ2n) is 6.42. The number of carbonyl (C=O) groups is 1. The summed E-state index contributed by atoms with van der Waals surface area (Å²) in [5.41, 5.74) is 1.39. The van der Waals surface area contributed by atoms with Crippen molar-refractivity contribution in [3.8, 4) is 0 Å². The lowest BCUT2D eigenvalue weighted by atomic mass is 10.1. The Hall–Kier alpha value is -1.47. The van der Waals surface area contributed by atoms with E-state index in [1.807, 2.05) is 6.07 Å². The molecule has 0 atom stereocenters. The molecular weight excluding hydrogens is 357 g/mol. The van der Waals surface area contributed by atoms with Gasteiger partial charge in [-0.1, -0.05) is 11.6 Å². The van der Waals surface area contributed by atoms with Gasteiger partial charge >= 0.3 is 6.36 Å². The van der Waals surface area contributed by atoms with Gasteiger partial charge in [0.05, 0.1) is 16.8 Å². The maximum atomic E-state index is 12.6. The third kappa shape index (κ3) is 4.58. The molecule has 0 saturated carbocycles. The molecule has 2 aliphatic rings. The first-order valence-electron chi connectivity index (χ1n) is 8.42. The molecule has 0 bridgehead atoms. The van der Waals surface area contributed by atoms with E-state index in [2.05, 4.69) is 9.64 Å². The lowest BCUT2D eigenvalue weighted by Crippen LogP contribution is -2.42. The van der Waals surface area contributed by atoms with E-state index in [1.54, 1.807) is 17.0 Å². The fraction of sp³-hybridized carbons (Fsp3) is 0.588. The standard InChI is InChI=1S/C17H20ClF3N2O2/c18-14-11-12(3-4-15(14)22-7-1-2-8-22)16(24)23-9-5-13(6-10-23)25-17(19,20)21/h3-4,11,13H,1-2,5-10H2. The molecule has 1 aromatic carbocycles. The molecule has 3 rings (SSSR count). The highest BCUT2D eigenvalue weighted by Crippen LogP contribution is 2.30. The van der Waals surface area contributed by atoms with Crippen LogP contribution in [-0.2, 0) is 4.74 Å². The molecule has 25 heavy (non-hydrogen) atoms. The number of carbonyl (C=O) groups excluding carboxylic acids is 1. The van der Waals surface area contributed by atoms with E-state index in [1.165, 1.54) is 0 Å². The van der Waals surface area contributed by atoms with Gasteiger partial charge in [-0.25, -0.2) is 0 Å². The minimum Gasteiger partial charge on any atom is -0.370 e. The number of halogens is 4. The fourth-order valence-corrected chi connectivity index (χ4v) is 3.70. The largest absolute Gasteiger partial charge is 0.522 e. The van der Waals surface area contributed by atoms with Gasteiger partial charge in [-0.15, -0.1) is 13.2 Å². The highest BCUT2D eigenvalue weighted by atomic mass is 35.5. The molecule has 0 unspecified atom stereocenters. The van der Waals surface area contributed by atoms with Gasteiger partial charge < -0.3 is 9.80 Å². The van der Waals surface area contributed by atoms with Gasteiger partial charge in [0.2, 0.25) is 0 Å². The van der Waals surface area contributed by atoms with Gasteiger partial charge in [0.15, 0.2) is 0 Å². The van der Waals surface area contributed by atoms with E-state index in [9.17, 15) is 18.0 Å². The molecule has 8 heteroatoms. The van der Waals surface area contributed by atoms with Crippen LogP contribution in [0.4, 0.5) is 18.9 Å². The van der Waals surface area contributed by atoms with Crippen LogP contribution >= 0.6 is 11.6 Å². The van der Waals surface area contributed by atoms with Crippen molar-refractivity contribution in [3.05, 3.63) is 28.8 Å². The normalized spacial score (nSPS) is 19.5. The minimum atomic E-state index is -4.63. The van der Waals surface area contributed by atoms with Crippen LogP contribution in [0.3, 0.4) is 0 Å². The number of benzene rings is 1. The Bertz CT molecular complexity index is 625. The Labute approximate surface area is 149 Å². The first-order valence-corrected chi connectivity index (χ1v) is 8.79. The molecule has 2 fully saturated rings. The zero-order valence-corrected chi connectivity index (χ0v) is 14.4. The van der Waals surface area contributed by atoms with Crippen molar-refractivity contribution in [2.24, 2.45) is 0 Å². The molecule has 0 aromatic heterocycles. The topological polar surface area (TPSA) is 32.8 Å². The van der Waals surface area contributed by atoms with Gasteiger partial charge in [-0.2, -0.15) is 0 Å². The molecule has 1 amide bonds. The summed E-state index contributed by atoms with van der Waals surface area (Å²) in [4.78, 5) is 16.3. The number of anilines is 1. The summed E-state index contributed by atoms with van der Waals surface area (Å²) >= 11 is 6.33. The van der Waals surface area contributed by atoms with E-state index < -0.39 is 12.5 Å². The number of piperidine rings is 1. The van der Waals surface area contributed by atoms with Crippen LogP contribution in [0.5, 0.6) is 0 Å². The predicted molar refractivity (Wildman–Crippen MR) is 89.0 cm³/mol. The summed E-state index contributed by atoms with van der Waals surface area (Å²) < 4.78 is 40.8. The van der Waals surface area contributed by atoms with E-state index in [-0.39, 0.29) is 31.8 Å². The highest BCUT2D eigenvalue weighted by molar-refractivity contribution is 6.33. The summed E-state index contributed by atoms with van der Waals surface area (Å²) in [6.07, 6.45) is -2.91. The number of likely N-dealkylation sites (tertiary alicyclic amines) is 1. The number of alkyl halides is 3. The second-order valence-corrected chi connectivity index (χ2v) is 6.82. The van der Waals surface area contributed by atoms with Crippen molar-refractivity contribution in [1.29, 1.82) is 0 Å². The van der Waals surface area contributed by atoms with Gasteiger partial charge in [-0.3, -0.25) is 9.53 Å². The summed E-state index contributed by atoms with van der Waals surface area (Å²) in [5.74, 6) is -0.208. The van der Waals surface area contributed by atoms with Crippen LogP contribution in [0.2, 0.25) is 5.02 Å². The molecular formula is C17H20ClF3N2O2. The number of ether oxygens (including phenoxy) is 1. The summed E-state index contributed by atoms with van der Waals surface area (Å²) in [7, 11) is 0. The van der Waals surface area contributed by atoms with Gasteiger partial charge in [0.1, 0.15) is 0 Å². The molecule has 2 saturated heterocycles. The number of hydrogen-bond acceptors (Lipinski definition) is 3. The first kappa shape index (κ1) is 18.3. The van der Waals surface area contributed by atoms with E-state index in [4.69, 9.17) is 11.6 Å². The Morgan fingerprint density at radius 2 is 1.76 bits per heavy atom. The Balaban J connectivity index is 1.61. The molecule has 0 radical (unpaired) electrons. The summed E-state index contributed by atoms with van der Waals surface area (Å²) in [6, 6.07) is 5.23. The number of hydrogen-bond donors (Lipinski definition) is 0. The van der Waals surface area contributed by atoms with Crippen LogP contribution in [0.1, 0.15) is 36.0 Å². The SMILES string of the molecule is O=C(c1ccc(N2CCCC2)c(Cl)c1)N1CCC(OC(F)(F)F)CC1. The van der Waals surface area contributed by atoms with Crippen LogP contribution in [0.25, 0.3) is 0 Å². The number of amides is 1. The molecule has 4 nitrogen and oxygen atoms in total. The molecule has 2 heterocycles. The van der Waals surface area contributed by atoms with Crippen LogP contribution in [-0.4, -0.2) is 49.5 Å². The van der Waals surface area contributed by atoms with Gasteiger partial charge in [-0.05, 0) is 43.9 Å². The van der Waals surface area contributed by atoms with Gasteiger partial charge in [0.25, 0.3) is 5.91 Å². The van der Waals surface area contributed by atoms with Crippen molar-refractivity contribution in [2.45, 2.75) is 38.1 Å². The molecule has 0 aliphatic carbocycles. The van der Waals surface area contributed by atoms with Gasteiger partial charge in [0, 0.05) is 31.7 Å². The summed E-state index contributed by atoms with van der Waals surface area (Å²) in [6.45, 7) is 2.40. The molecule has 138 valence electrons. The third-order valence-electron chi connectivity index (χ3n) is 4.67. The number of nitrogens with zero attached hydrogens (tertiary/aromatic N) is 2.